The van der Waals surface area contributed by atoms with Crippen LogP contribution in [-0.2, 0) is 15.1 Å². The molecule has 1 atom stereocenters. The lowest BCUT2D eigenvalue weighted by molar-refractivity contribution is -0.386. The molecule has 200 valence electrons. The largest absolute Gasteiger partial charge is 0.497 e. The lowest BCUT2D eigenvalue weighted by Crippen LogP contribution is -2.34. The third-order valence-corrected chi connectivity index (χ3v) is 6.61. The van der Waals surface area contributed by atoms with Gasteiger partial charge in [-0.2, -0.15) is 0 Å². The van der Waals surface area contributed by atoms with Crippen molar-refractivity contribution in [3.63, 3.8) is 0 Å². The van der Waals surface area contributed by atoms with Gasteiger partial charge in [0, 0.05) is 6.07 Å². The van der Waals surface area contributed by atoms with E-state index in [1.54, 1.807) is 21.1 Å². The van der Waals surface area contributed by atoms with Crippen LogP contribution in [0.1, 0.15) is 45.6 Å². The number of hydrogen-bond acceptors (Lipinski definition) is 7. The van der Waals surface area contributed by atoms with Gasteiger partial charge in [-0.15, -0.1) is 0 Å². The Bertz CT molecular complexity index is 1390. The minimum absolute atomic E-state index is 0.0831. The highest BCUT2D eigenvalue weighted by Crippen LogP contribution is 2.45. The van der Waals surface area contributed by atoms with Crippen LogP contribution < -0.4 is 9.47 Å². The molecule has 39 heavy (non-hydrogen) atoms. The predicted octanol–water partition coefficient (Wildman–Crippen LogP) is 6.47. The van der Waals surface area contributed by atoms with Gasteiger partial charge >= 0.3 is 5.97 Å². The average molecular weight is 528 g/mol. The molecule has 0 aliphatic heterocycles. The Kier molecular flexibility index (Phi) is 8.27. The Hall–Kier alpha value is -4.69. The van der Waals surface area contributed by atoms with E-state index in [1.165, 1.54) is 25.3 Å². The molecule has 0 unspecified atom stereocenters. The van der Waals surface area contributed by atoms with Crippen molar-refractivity contribution in [2.75, 3.05) is 21.3 Å². The molecular weight excluding hydrogens is 498 g/mol. The van der Waals surface area contributed by atoms with Crippen LogP contribution in [-0.4, -0.2) is 32.2 Å². The third kappa shape index (κ3) is 5.46. The number of carbonyl (C=O) groups excluding carboxylic acids is 1. The van der Waals surface area contributed by atoms with Gasteiger partial charge < -0.3 is 18.9 Å². The first-order valence-electron chi connectivity index (χ1n) is 12.2. The van der Waals surface area contributed by atoms with Gasteiger partial charge in [-0.25, -0.2) is 4.79 Å². The Labute approximate surface area is 226 Å². The lowest BCUT2D eigenvalue weighted by Gasteiger charge is -2.38. The number of nitrogens with zero attached hydrogens (tertiary/aromatic N) is 1. The van der Waals surface area contributed by atoms with Gasteiger partial charge in [0.15, 0.2) is 0 Å². The van der Waals surface area contributed by atoms with Crippen LogP contribution in [0.3, 0.4) is 0 Å². The minimum atomic E-state index is -1.17. The molecular formula is C31H29NO7. The maximum Gasteiger partial charge on any atom is 0.338 e. The van der Waals surface area contributed by atoms with Gasteiger partial charge in [0.25, 0.3) is 5.69 Å². The summed E-state index contributed by atoms with van der Waals surface area (Å²) >= 11 is 0. The van der Waals surface area contributed by atoms with Gasteiger partial charge in [-0.05, 0) is 60.0 Å². The van der Waals surface area contributed by atoms with Crippen molar-refractivity contribution in [2.45, 2.75) is 18.6 Å². The van der Waals surface area contributed by atoms with E-state index in [0.717, 1.165) is 16.7 Å². The maximum atomic E-state index is 12.1. The van der Waals surface area contributed by atoms with Crippen LogP contribution in [0, 0.1) is 10.1 Å². The van der Waals surface area contributed by atoms with Crippen molar-refractivity contribution in [3.8, 4) is 11.5 Å². The van der Waals surface area contributed by atoms with Crippen molar-refractivity contribution >= 4 is 11.7 Å². The van der Waals surface area contributed by atoms with Gasteiger partial charge in [0.05, 0.1) is 43.5 Å². The fraction of sp³-hybridized carbons (Fsp3) is 0.194. The highest BCUT2D eigenvalue weighted by atomic mass is 16.6. The van der Waals surface area contributed by atoms with E-state index in [9.17, 15) is 14.9 Å². The number of hydrogen-bond donors (Lipinski definition) is 0. The fourth-order valence-electron chi connectivity index (χ4n) is 4.65. The van der Waals surface area contributed by atoms with Gasteiger partial charge in [0.2, 0.25) is 0 Å². The van der Waals surface area contributed by atoms with Crippen molar-refractivity contribution in [3.05, 3.63) is 135 Å². The molecule has 0 aliphatic carbocycles. The summed E-state index contributed by atoms with van der Waals surface area (Å²) in [7, 11) is 4.42. The van der Waals surface area contributed by atoms with E-state index in [2.05, 4.69) is 0 Å². The van der Waals surface area contributed by atoms with Crippen molar-refractivity contribution < 1.29 is 28.7 Å². The maximum absolute atomic E-state index is 12.1. The molecule has 0 fully saturated rings. The van der Waals surface area contributed by atoms with Crippen molar-refractivity contribution in [2.24, 2.45) is 0 Å². The van der Waals surface area contributed by atoms with Crippen LogP contribution in [0.5, 0.6) is 11.5 Å². The Morgan fingerprint density at radius 3 is 1.74 bits per heavy atom. The average Bonchev–Trinajstić information content (AvgIpc) is 2.99. The molecule has 8 heteroatoms. The summed E-state index contributed by atoms with van der Waals surface area (Å²) in [6, 6.07) is 28.9. The third-order valence-electron chi connectivity index (χ3n) is 6.61. The summed E-state index contributed by atoms with van der Waals surface area (Å²) in [4.78, 5) is 23.6. The summed E-state index contributed by atoms with van der Waals surface area (Å²) in [6.45, 7) is 1.75. The normalized spacial score (nSPS) is 11.9. The first-order valence-corrected chi connectivity index (χ1v) is 12.2. The SMILES string of the molecule is COC(=O)c1ccc([C@H](C)OC(c2ccccc2)(c2ccc(OC)cc2)c2ccc(OC)cc2)c([N+](=O)[O-])c1. The molecule has 0 N–H and O–H groups in total. The van der Waals surface area contributed by atoms with Crippen LogP contribution in [0.15, 0.2) is 97.1 Å². The van der Waals surface area contributed by atoms with Gasteiger partial charge in [0.1, 0.15) is 17.1 Å². The second kappa shape index (κ2) is 11.8. The standard InChI is InChI=1S/C31H29NO7/c1-21(28-19-10-22(30(33)38-4)20-29(28)32(34)35)39-31(23-8-6-5-7-9-23,24-11-15-26(36-2)16-12-24)25-13-17-27(37-3)18-14-25/h5-21H,1-4H3/t21-/m0/s1. The zero-order valence-electron chi connectivity index (χ0n) is 22.1. The summed E-state index contributed by atoms with van der Waals surface area (Å²) in [5.74, 6) is 0.698. The number of carbonyl (C=O) groups is 1. The minimum Gasteiger partial charge on any atom is -0.497 e. The van der Waals surface area contributed by atoms with E-state index in [4.69, 9.17) is 18.9 Å². The number of benzene rings is 4. The van der Waals surface area contributed by atoms with Crippen molar-refractivity contribution in [1.29, 1.82) is 0 Å². The van der Waals surface area contributed by atoms with Crippen LogP contribution in [0.4, 0.5) is 5.69 Å². The zero-order chi connectivity index (χ0) is 28.0. The van der Waals surface area contributed by atoms with Gasteiger partial charge in [-0.3, -0.25) is 10.1 Å². The lowest BCUT2D eigenvalue weighted by atomic mass is 9.79. The molecule has 0 amide bonds. The summed E-state index contributed by atoms with van der Waals surface area (Å²) < 4.78 is 22.5. The second-order valence-corrected chi connectivity index (χ2v) is 8.79. The number of esters is 1. The topological polar surface area (TPSA) is 97.1 Å². The second-order valence-electron chi connectivity index (χ2n) is 8.79. The number of methoxy groups -OCH3 is 3. The quantitative estimate of drug-likeness (QED) is 0.101. The number of ether oxygens (including phenoxy) is 4. The molecule has 0 bridgehead atoms. The number of nitro benzene ring substituents is 1. The van der Waals surface area contributed by atoms with E-state index in [0.29, 0.717) is 17.1 Å². The molecule has 0 aromatic heterocycles. The van der Waals surface area contributed by atoms with E-state index in [1.807, 2.05) is 78.9 Å². The van der Waals surface area contributed by atoms with Crippen molar-refractivity contribution in [1.82, 2.24) is 0 Å². The monoisotopic (exact) mass is 527 g/mol. The van der Waals surface area contributed by atoms with E-state index < -0.39 is 22.6 Å². The highest BCUT2D eigenvalue weighted by molar-refractivity contribution is 5.90. The smallest absolute Gasteiger partial charge is 0.338 e. The number of rotatable bonds is 10. The van der Waals surface area contributed by atoms with Crippen LogP contribution in [0.25, 0.3) is 0 Å². The Morgan fingerprint density at radius 2 is 1.28 bits per heavy atom. The first kappa shape index (κ1) is 27.3. The molecule has 0 saturated heterocycles. The molecule has 4 rings (SSSR count). The molecule has 0 radical (unpaired) electrons. The van der Waals surface area contributed by atoms with Crippen LogP contribution in [0.2, 0.25) is 0 Å². The molecule has 8 nitrogen and oxygen atoms in total. The Morgan fingerprint density at radius 1 is 0.769 bits per heavy atom. The Balaban J connectivity index is 1.94. The molecule has 0 heterocycles. The summed E-state index contributed by atoms with van der Waals surface area (Å²) in [6.07, 6.45) is -0.776. The summed E-state index contributed by atoms with van der Waals surface area (Å²) in [5.41, 5.74) is 1.39. The highest BCUT2D eigenvalue weighted by Gasteiger charge is 2.40. The number of nitro groups is 1. The van der Waals surface area contributed by atoms with E-state index >= 15 is 0 Å². The molecule has 0 saturated carbocycles. The predicted molar refractivity (Wildman–Crippen MR) is 146 cm³/mol. The van der Waals surface area contributed by atoms with Crippen LogP contribution >= 0.6 is 0 Å². The molecule has 4 aromatic carbocycles. The zero-order valence-corrected chi connectivity index (χ0v) is 22.1. The fourth-order valence-corrected chi connectivity index (χ4v) is 4.65. The molecule has 0 spiro atoms. The van der Waals surface area contributed by atoms with Gasteiger partial charge in [-0.1, -0.05) is 54.6 Å². The molecule has 4 aromatic rings. The molecule has 0 aliphatic rings. The van der Waals surface area contributed by atoms with E-state index in [-0.39, 0.29) is 11.3 Å². The summed E-state index contributed by atoms with van der Waals surface area (Å²) in [5, 5.41) is 12.1. The first-order chi connectivity index (χ1) is 18.8.